The van der Waals surface area contributed by atoms with Gasteiger partial charge in [0, 0.05) is 30.3 Å². The predicted octanol–water partition coefficient (Wildman–Crippen LogP) is 7.57. The summed E-state index contributed by atoms with van der Waals surface area (Å²) >= 11 is 1.77. The van der Waals surface area contributed by atoms with Gasteiger partial charge >= 0.3 is 6.09 Å². The number of methoxy groups -OCH3 is 1. The fraction of sp³-hybridized carbons (Fsp3) is 0.541. The maximum atomic E-state index is 14.4. The highest BCUT2D eigenvalue weighted by Gasteiger charge is 2.35. The van der Waals surface area contributed by atoms with Crippen LogP contribution in [0.2, 0.25) is 0 Å². The Morgan fingerprint density at radius 3 is 2.41 bits per heavy atom. The van der Waals surface area contributed by atoms with Crippen molar-refractivity contribution >= 4 is 29.0 Å². The zero-order chi connectivity index (χ0) is 32.2. The number of thiazole rings is 1. The van der Waals surface area contributed by atoms with Crippen LogP contribution in [0.15, 0.2) is 48.7 Å². The Morgan fingerprint density at radius 2 is 1.74 bits per heavy atom. The summed E-state index contributed by atoms with van der Waals surface area (Å²) in [6.07, 6.45) is 10.0. The molecule has 3 aromatic rings. The molecular weight excluding hydrogens is 598 g/mol. The van der Waals surface area contributed by atoms with Crippen molar-refractivity contribution in [1.82, 2.24) is 4.98 Å². The lowest BCUT2D eigenvalue weighted by atomic mass is 9.77. The molecule has 0 aliphatic heterocycles. The van der Waals surface area contributed by atoms with E-state index >= 15 is 0 Å². The van der Waals surface area contributed by atoms with Gasteiger partial charge in [0.2, 0.25) is 5.91 Å². The van der Waals surface area contributed by atoms with Crippen LogP contribution in [-0.2, 0) is 9.53 Å². The van der Waals surface area contributed by atoms with Crippen molar-refractivity contribution in [3.63, 3.8) is 0 Å². The Balaban J connectivity index is 1.16. The van der Waals surface area contributed by atoms with Crippen molar-refractivity contribution in [2.75, 3.05) is 25.2 Å². The topological polar surface area (TPSA) is 115 Å². The minimum absolute atomic E-state index is 0.0101. The summed E-state index contributed by atoms with van der Waals surface area (Å²) in [6, 6.07) is 15.0. The highest BCUT2D eigenvalue weighted by Crippen LogP contribution is 2.44. The van der Waals surface area contributed by atoms with E-state index in [0.717, 1.165) is 47.6 Å². The first kappa shape index (κ1) is 32.5. The minimum Gasteiger partial charge on any atom is -0.496 e. The molecule has 3 aliphatic rings. The number of nitrogens with two attached hydrogens (primary N) is 1. The summed E-state index contributed by atoms with van der Waals surface area (Å²) in [7, 11) is 1.72. The number of ether oxygens (including phenoxy) is 2. The van der Waals surface area contributed by atoms with Crippen molar-refractivity contribution in [2.24, 2.45) is 23.5 Å². The number of carbonyl (C=O) groups excluding carboxylic acids is 2. The van der Waals surface area contributed by atoms with Crippen molar-refractivity contribution in [2.45, 2.75) is 89.1 Å². The zero-order valence-electron chi connectivity index (χ0n) is 27.0. The van der Waals surface area contributed by atoms with Crippen LogP contribution >= 0.6 is 11.3 Å². The van der Waals surface area contributed by atoms with E-state index < -0.39 is 12.2 Å². The highest BCUT2D eigenvalue weighted by molar-refractivity contribution is 7.15. The van der Waals surface area contributed by atoms with E-state index in [-0.39, 0.29) is 24.3 Å². The quantitative estimate of drug-likeness (QED) is 0.222. The number of primary amides is 1. The number of nitrogens with zero attached hydrogens (tertiary/aromatic N) is 2. The van der Waals surface area contributed by atoms with E-state index in [0.29, 0.717) is 50.0 Å². The van der Waals surface area contributed by atoms with Crippen LogP contribution in [0.3, 0.4) is 0 Å². The van der Waals surface area contributed by atoms with Crippen molar-refractivity contribution < 1.29 is 24.2 Å². The number of aliphatic hydroxyl groups excluding tert-OH is 1. The van der Waals surface area contributed by atoms with Gasteiger partial charge in [0.15, 0.2) is 0 Å². The standard InChI is InChI=1S/C37H47N3O5S/c1-23-18-29(16-17-33(23)44-2)25-8-6-24(7-9-25)21-40(36(42)28-14-10-26(11-15-28)32(41)22-45-37(38)43)31-5-3-4-30(19-31)34-20-39-35(46-34)27-12-13-27/h3-5,16-20,24-28,32,41H,6-15,21-22H2,1-2H3,(H2,38,43). The molecule has 1 unspecified atom stereocenters. The summed E-state index contributed by atoms with van der Waals surface area (Å²) in [5, 5.41) is 11.8. The molecule has 8 nitrogen and oxygen atoms in total. The van der Waals surface area contributed by atoms with Crippen LogP contribution in [0, 0.1) is 24.7 Å². The van der Waals surface area contributed by atoms with E-state index in [9.17, 15) is 14.7 Å². The van der Waals surface area contributed by atoms with E-state index in [1.807, 2.05) is 6.20 Å². The zero-order valence-corrected chi connectivity index (χ0v) is 27.8. The first-order chi connectivity index (χ1) is 22.3. The van der Waals surface area contributed by atoms with Gasteiger partial charge in [-0.05, 0) is 124 Å². The summed E-state index contributed by atoms with van der Waals surface area (Å²) in [5.74, 6) is 2.57. The van der Waals surface area contributed by atoms with Gasteiger partial charge < -0.3 is 25.2 Å². The molecule has 3 aliphatic carbocycles. The summed E-state index contributed by atoms with van der Waals surface area (Å²) in [4.78, 5) is 33.3. The maximum Gasteiger partial charge on any atom is 0.404 e. The Kier molecular flexibility index (Phi) is 10.3. The molecule has 46 heavy (non-hydrogen) atoms. The summed E-state index contributed by atoms with van der Waals surface area (Å²) in [6.45, 7) is 2.71. The number of carbonyl (C=O) groups is 2. The van der Waals surface area contributed by atoms with Crippen molar-refractivity contribution in [3.05, 3.63) is 64.8 Å². The Morgan fingerprint density at radius 1 is 1.00 bits per heavy atom. The maximum absolute atomic E-state index is 14.4. The number of anilines is 1. The van der Waals surface area contributed by atoms with Crippen LogP contribution < -0.4 is 15.4 Å². The van der Waals surface area contributed by atoms with Gasteiger partial charge in [-0.15, -0.1) is 11.3 Å². The lowest BCUT2D eigenvalue weighted by molar-refractivity contribution is -0.124. The smallest absolute Gasteiger partial charge is 0.404 e. The van der Waals surface area contributed by atoms with Crippen molar-refractivity contribution in [3.8, 4) is 16.2 Å². The molecule has 246 valence electrons. The number of benzene rings is 2. The number of aliphatic hydroxyl groups is 1. The second kappa shape index (κ2) is 14.6. The van der Waals surface area contributed by atoms with Crippen LogP contribution in [0.1, 0.15) is 92.2 Å². The van der Waals surface area contributed by atoms with E-state index in [2.05, 4.69) is 54.3 Å². The SMILES string of the molecule is COc1ccc(C2CCC(CN(C(=O)C3CCC(C(O)COC(N)=O)CC3)c3cccc(-c4cnc(C5CC5)s4)c3)CC2)cc1C. The average molecular weight is 646 g/mol. The van der Waals surface area contributed by atoms with E-state index in [1.54, 1.807) is 18.4 Å². The van der Waals surface area contributed by atoms with E-state index in [1.165, 1.54) is 29.0 Å². The van der Waals surface area contributed by atoms with Crippen LogP contribution in [0.4, 0.5) is 10.5 Å². The number of aryl methyl sites for hydroxylation is 1. The first-order valence-corrected chi connectivity index (χ1v) is 17.7. The molecule has 2 amide bonds. The van der Waals surface area contributed by atoms with Gasteiger partial charge in [-0.2, -0.15) is 0 Å². The molecule has 1 heterocycles. The molecule has 0 saturated heterocycles. The Labute approximate surface area is 276 Å². The van der Waals surface area contributed by atoms with Crippen molar-refractivity contribution in [1.29, 1.82) is 0 Å². The second-order valence-corrected chi connectivity index (χ2v) is 14.7. The van der Waals surface area contributed by atoms with Gasteiger partial charge in [0.25, 0.3) is 0 Å². The fourth-order valence-corrected chi connectivity index (χ4v) is 8.54. The number of hydrogen-bond donors (Lipinski definition) is 2. The van der Waals surface area contributed by atoms with Gasteiger partial charge in [-0.3, -0.25) is 4.79 Å². The lowest BCUT2D eigenvalue weighted by Crippen LogP contribution is -2.42. The Hall–Kier alpha value is -3.43. The number of amides is 2. The molecular formula is C37H47N3O5S. The van der Waals surface area contributed by atoms with Crippen LogP contribution in [-0.4, -0.2) is 48.5 Å². The van der Waals surface area contributed by atoms with E-state index in [4.69, 9.17) is 20.2 Å². The second-order valence-electron chi connectivity index (χ2n) is 13.6. The third-order valence-corrected chi connectivity index (χ3v) is 11.6. The molecule has 1 aromatic heterocycles. The third-order valence-electron chi connectivity index (χ3n) is 10.4. The van der Waals surface area contributed by atoms with Crippen LogP contribution in [0.25, 0.3) is 10.4 Å². The fourth-order valence-electron chi connectivity index (χ4n) is 7.46. The van der Waals surface area contributed by atoms with Gasteiger partial charge in [-0.1, -0.05) is 24.3 Å². The molecule has 3 saturated carbocycles. The Bertz CT molecular complexity index is 1500. The molecule has 2 aromatic carbocycles. The molecule has 3 N–H and O–H groups in total. The highest BCUT2D eigenvalue weighted by atomic mass is 32.1. The number of aromatic nitrogens is 1. The normalized spacial score (nSPS) is 23.8. The van der Waals surface area contributed by atoms with Gasteiger partial charge in [0.05, 0.1) is 23.1 Å². The summed E-state index contributed by atoms with van der Waals surface area (Å²) < 4.78 is 10.3. The van der Waals surface area contributed by atoms with Gasteiger partial charge in [0.1, 0.15) is 12.4 Å². The molecule has 9 heteroatoms. The van der Waals surface area contributed by atoms with Crippen LogP contribution in [0.5, 0.6) is 5.75 Å². The molecule has 3 fully saturated rings. The van der Waals surface area contributed by atoms with Gasteiger partial charge in [-0.25, -0.2) is 9.78 Å². The average Bonchev–Trinajstić information content (AvgIpc) is 3.81. The third kappa shape index (κ3) is 7.74. The largest absolute Gasteiger partial charge is 0.496 e. The number of hydrogen-bond acceptors (Lipinski definition) is 7. The molecule has 1 atom stereocenters. The molecule has 6 rings (SSSR count). The monoisotopic (exact) mass is 645 g/mol. The summed E-state index contributed by atoms with van der Waals surface area (Å²) in [5.41, 5.74) is 9.70. The minimum atomic E-state index is -0.879. The molecule has 0 bridgehead atoms. The lowest BCUT2D eigenvalue weighted by Gasteiger charge is -2.37. The molecule has 0 spiro atoms. The number of rotatable bonds is 11. The predicted molar refractivity (Wildman–Crippen MR) is 181 cm³/mol. The molecule has 0 radical (unpaired) electrons. The first-order valence-electron chi connectivity index (χ1n) is 16.9.